The normalized spacial score (nSPS) is 16.4. The smallest absolute Gasteiger partial charge is 0.357 e. The Labute approximate surface area is 184 Å². The number of hydrogen-bond acceptors (Lipinski definition) is 8. The lowest BCUT2D eigenvalue weighted by molar-refractivity contribution is -0.139. The van der Waals surface area contributed by atoms with Crippen molar-refractivity contribution in [2.24, 2.45) is 0 Å². The predicted molar refractivity (Wildman–Crippen MR) is 116 cm³/mol. The number of nitrogens with zero attached hydrogens (tertiary/aromatic N) is 5. The van der Waals surface area contributed by atoms with Crippen molar-refractivity contribution in [3.05, 3.63) is 76.8 Å². The van der Waals surface area contributed by atoms with Gasteiger partial charge in [0.15, 0.2) is 5.70 Å². The van der Waals surface area contributed by atoms with E-state index in [1.807, 2.05) is 61.3 Å². The van der Waals surface area contributed by atoms with Crippen molar-refractivity contribution in [1.29, 1.82) is 0 Å². The molecule has 0 aliphatic carbocycles. The predicted octanol–water partition coefficient (Wildman–Crippen LogP) is 2.78. The second-order valence-corrected chi connectivity index (χ2v) is 7.71. The van der Waals surface area contributed by atoms with Crippen LogP contribution in [0.25, 0.3) is 5.69 Å². The Hall–Kier alpha value is -4.14. The van der Waals surface area contributed by atoms with Crippen LogP contribution in [-0.2, 0) is 19.1 Å². The molecule has 2 aliphatic rings. The maximum atomic E-state index is 13.1. The summed E-state index contributed by atoms with van der Waals surface area (Å²) >= 11 is 0. The summed E-state index contributed by atoms with van der Waals surface area (Å²) in [5, 5.41) is 11.8. The molecule has 0 bridgehead atoms. The quantitative estimate of drug-likeness (QED) is 0.585. The number of benzene rings is 2. The van der Waals surface area contributed by atoms with Gasteiger partial charge in [-0.25, -0.2) is 14.6 Å². The number of hydrazine groups is 1. The monoisotopic (exact) mass is 431 g/mol. The van der Waals surface area contributed by atoms with Gasteiger partial charge < -0.3 is 9.47 Å². The number of hydrogen-bond donors (Lipinski definition) is 0. The van der Waals surface area contributed by atoms with Gasteiger partial charge in [-0.15, -0.1) is 10.2 Å². The molecular weight excluding hydrogens is 410 g/mol. The van der Waals surface area contributed by atoms with Crippen molar-refractivity contribution in [3.8, 4) is 5.69 Å². The molecule has 1 unspecified atom stereocenters. The minimum atomic E-state index is -0.671. The van der Waals surface area contributed by atoms with E-state index in [1.54, 1.807) is 15.9 Å². The van der Waals surface area contributed by atoms with E-state index < -0.39 is 18.0 Å². The molecule has 162 valence electrons. The molecule has 1 aromatic heterocycles. The topological polar surface area (TPSA) is 89.8 Å². The molecule has 0 fully saturated rings. The third-order valence-electron chi connectivity index (χ3n) is 5.73. The van der Waals surface area contributed by atoms with E-state index in [9.17, 15) is 9.59 Å². The van der Waals surface area contributed by atoms with Crippen molar-refractivity contribution in [1.82, 2.24) is 14.8 Å². The average molecular weight is 431 g/mol. The molecule has 9 heteroatoms. The van der Waals surface area contributed by atoms with Crippen molar-refractivity contribution >= 4 is 23.6 Å². The van der Waals surface area contributed by atoms with Crippen molar-refractivity contribution < 1.29 is 19.1 Å². The molecule has 0 saturated heterocycles. The van der Waals surface area contributed by atoms with Gasteiger partial charge in [-0.1, -0.05) is 35.9 Å². The second kappa shape index (κ2) is 7.23. The van der Waals surface area contributed by atoms with Gasteiger partial charge in [0.25, 0.3) is 5.95 Å². The molecule has 32 heavy (non-hydrogen) atoms. The Balaban J connectivity index is 1.86. The lowest BCUT2D eigenvalue weighted by Crippen LogP contribution is -2.45. The third kappa shape index (κ3) is 2.71. The summed E-state index contributed by atoms with van der Waals surface area (Å²) < 4.78 is 12.0. The van der Waals surface area contributed by atoms with Crippen LogP contribution in [0.4, 0.5) is 11.6 Å². The number of aryl methyl sites for hydroxylation is 2. The maximum absolute atomic E-state index is 13.1. The van der Waals surface area contributed by atoms with Gasteiger partial charge in [-0.3, -0.25) is 9.58 Å². The lowest BCUT2D eigenvalue weighted by Gasteiger charge is -2.40. The molecular formula is C23H21N5O4. The molecule has 0 amide bonds. The van der Waals surface area contributed by atoms with Gasteiger partial charge >= 0.3 is 11.9 Å². The molecule has 1 atom stereocenters. The van der Waals surface area contributed by atoms with E-state index in [1.165, 1.54) is 14.2 Å². The fourth-order valence-corrected chi connectivity index (χ4v) is 4.26. The van der Waals surface area contributed by atoms with E-state index >= 15 is 0 Å². The Morgan fingerprint density at radius 2 is 1.59 bits per heavy atom. The first kappa shape index (κ1) is 19.8. The molecule has 0 N–H and O–H groups in total. The first-order valence-corrected chi connectivity index (χ1v) is 10.0. The van der Waals surface area contributed by atoms with Crippen LogP contribution >= 0.6 is 0 Å². The number of anilines is 2. The molecule has 3 aromatic rings. The summed E-state index contributed by atoms with van der Waals surface area (Å²) in [5.74, 6) is -0.918. The summed E-state index contributed by atoms with van der Waals surface area (Å²) in [5.41, 5.74) is 4.77. The minimum Gasteiger partial charge on any atom is -0.466 e. The zero-order valence-electron chi connectivity index (χ0n) is 18.1. The van der Waals surface area contributed by atoms with E-state index in [4.69, 9.17) is 9.47 Å². The number of methoxy groups -OCH3 is 2. The SMILES string of the molecule is COC(=O)C1=C(C(=O)OC)N2c3nncn3-c3ccc(C)cc3N2C1c1ccc(C)cc1. The largest absolute Gasteiger partial charge is 0.466 e. The highest BCUT2D eigenvalue weighted by atomic mass is 16.5. The summed E-state index contributed by atoms with van der Waals surface area (Å²) in [6.07, 6.45) is 1.58. The van der Waals surface area contributed by atoms with Crippen molar-refractivity contribution in [2.45, 2.75) is 19.9 Å². The van der Waals surface area contributed by atoms with Gasteiger partial charge in [-0.2, -0.15) is 0 Å². The molecule has 2 aliphatic heterocycles. The molecule has 2 aromatic carbocycles. The summed E-state index contributed by atoms with van der Waals surface area (Å²) in [7, 11) is 2.57. The first-order chi connectivity index (χ1) is 15.5. The number of aromatic nitrogens is 3. The molecule has 3 heterocycles. The van der Waals surface area contributed by atoms with Crippen LogP contribution in [-0.4, -0.2) is 40.9 Å². The zero-order valence-corrected chi connectivity index (χ0v) is 18.1. The van der Waals surface area contributed by atoms with Crippen LogP contribution in [0.3, 0.4) is 0 Å². The molecule has 0 radical (unpaired) electrons. The Bertz CT molecular complexity index is 1280. The van der Waals surface area contributed by atoms with Crippen LogP contribution in [0.5, 0.6) is 0 Å². The van der Waals surface area contributed by atoms with Crippen LogP contribution in [0.15, 0.2) is 60.1 Å². The number of fused-ring (bicyclic) bond motifs is 6. The van der Waals surface area contributed by atoms with Gasteiger partial charge in [0, 0.05) is 0 Å². The standard InChI is InChI=1S/C23H21N5O4/c1-13-5-8-15(9-6-13)19-18(21(29)31-3)20(22(30)32-4)28-23-25-24-12-26(23)16-10-7-14(2)11-17(16)27(19)28/h5-12,19H,1-4H3. The highest BCUT2D eigenvalue weighted by molar-refractivity contribution is 6.07. The fraction of sp³-hybridized carbons (Fsp3) is 0.217. The molecule has 9 nitrogen and oxygen atoms in total. The Morgan fingerprint density at radius 1 is 0.906 bits per heavy atom. The first-order valence-electron chi connectivity index (χ1n) is 10.0. The minimum absolute atomic E-state index is 0.0475. The Kier molecular flexibility index (Phi) is 4.47. The van der Waals surface area contributed by atoms with Crippen LogP contribution in [0, 0.1) is 13.8 Å². The van der Waals surface area contributed by atoms with Gasteiger partial charge in [-0.05, 0) is 37.1 Å². The number of ether oxygens (including phenoxy) is 2. The molecule has 0 saturated carbocycles. The number of carbonyl (C=O) groups excluding carboxylic acids is 2. The number of rotatable bonds is 3. The van der Waals surface area contributed by atoms with E-state index in [0.29, 0.717) is 5.95 Å². The van der Waals surface area contributed by atoms with E-state index in [-0.39, 0.29) is 11.3 Å². The van der Waals surface area contributed by atoms with Gasteiger partial charge in [0.2, 0.25) is 0 Å². The van der Waals surface area contributed by atoms with E-state index in [0.717, 1.165) is 28.1 Å². The maximum Gasteiger partial charge on any atom is 0.357 e. The average Bonchev–Trinajstić information content (AvgIpc) is 3.41. The number of carbonyl (C=O) groups is 2. The van der Waals surface area contributed by atoms with Crippen molar-refractivity contribution in [2.75, 3.05) is 24.2 Å². The fourth-order valence-electron chi connectivity index (χ4n) is 4.26. The highest BCUT2D eigenvalue weighted by Crippen LogP contribution is 2.50. The number of esters is 2. The highest BCUT2D eigenvalue weighted by Gasteiger charge is 2.51. The van der Waals surface area contributed by atoms with Crippen LogP contribution in [0.2, 0.25) is 0 Å². The van der Waals surface area contributed by atoms with Gasteiger partial charge in [0.05, 0.1) is 31.2 Å². The second-order valence-electron chi connectivity index (χ2n) is 7.71. The molecule has 5 rings (SSSR count). The third-order valence-corrected chi connectivity index (χ3v) is 5.73. The van der Waals surface area contributed by atoms with Crippen LogP contribution in [0.1, 0.15) is 22.7 Å². The lowest BCUT2D eigenvalue weighted by atomic mass is 9.96. The van der Waals surface area contributed by atoms with Gasteiger partial charge in [0.1, 0.15) is 12.4 Å². The molecule has 0 spiro atoms. The van der Waals surface area contributed by atoms with E-state index in [2.05, 4.69) is 10.2 Å². The summed E-state index contributed by atoms with van der Waals surface area (Å²) in [6.45, 7) is 3.98. The summed E-state index contributed by atoms with van der Waals surface area (Å²) in [6, 6.07) is 13.1. The van der Waals surface area contributed by atoms with Crippen molar-refractivity contribution in [3.63, 3.8) is 0 Å². The zero-order chi connectivity index (χ0) is 22.6. The summed E-state index contributed by atoms with van der Waals surface area (Å²) in [4.78, 5) is 26.1. The van der Waals surface area contributed by atoms with Crippen LogP contribution < -0.4 is 10.0 Å². The Morgan fingerprint density at radius 3 is 2.28 bits per heavy atom.